The Morgan fingerprint density at radius 3 is 2.49 bits per heavy atom. The summed E-state index contributed by atoms with van der Waals surface area (Å²) in [5.41, 5.74) is 6.65. The lowest BCUT2D eigenvalue weighted by Crippen LogP contribution is -2.12. The third-order valence-corrected chi connectivity index (χ3v) is 5.92. The molecule has 7 heteroatoms. The van der Waals surface area contributed by atoms with Gasteiger partial charge in [0, 0.05) is 53.3 Å². The summed E-state index contributed by atoms with van der Waals surface area (Å²) in [5.74, 6) is 0.625. The van der Waals surface area contributed by atoms with Crippen LogP contribution in [0.15, 0.2) is 73.1 Å². The van der Waals surface area contributed by atoms with E-state index in [1.165, 1.54) is 6.92 Å². The average Bonchev–Trinajstić information content (AvgIpc) is 3.71. The van der Waals surface area contributed by atoms with Crippen molar-refractivity contribution in [1.82, 2.24) is 15.0 Å². The van der Waals surface area contributed by atoms with Crippen molar-refractivity contribution in [3.05, 3.63) is 89.9 Å². The van der Waals surface area contributed by atoms with Crippen molar-refractivity contribution in [2.75, 3.05) is 10.6 Å². The maximum absolute atomic E-state index is 12.9. The van der Waals surface area contributed by atoms with Gasteiger partial charge in [-0.1, -0.05) is 12.1 Å². The smallest absolute Gasteiger partial charge is 0.255 e. The van der Waals surface area contributed by atoms with Crippen LogP contribution in [0.3, 0.4) is 0 Å². The predicted molar refractivity (Wildman–Crippen MR) is 136 cm³/mol. The molecule has 174 valence electrons. The summed E-state index contributed by atoms with van der Waals surface area (Å²) >= 11 is 0. The van der Waals surface area contributed by atoms with Crippen LogP contribution in [-0.4, -0.2) is 26.8 Å². The molecule has 3 heterocycles. The molecule has 0 aliphatic heterocycles. The molecule has 3 aromatic heterocycles. The standard InChI is InChI=1S/C28H25N5O2/c1-17-6-9-22(32-28(35)21-11-12-29-26(14-21)19-7-8-19)16-23(17)25-5-3-4-24(33-25)20-10-13-30-27(15-20)31-18(2)34/h3-6,9-16,19H,7-8H2,1-2H3,(H,32,35)(H,30,31,34). The molecule has 1 aliphatic rings. The van der Waals surface area contributed by atoms with Gasteiger partial charge < -0.3 is 10.6 Å². The molecule has 0 saturated heterocycles. The highest BCUT2D eigenvalue weighted by Crippen LogP contribution is 2.39. The first-order chi connectivity index (χ1) is 17.0. The molecule has 0 spiro atoms. The predicted octanol–water partition coefficient (Wildman–Crippen LogP) is 5.60. The minimum atomic E-state index is -0.179. The molecule has 1 fully saturated rings. The summed E-state index contributed by atoms with van der Waals surface area (Å²) in [5, 5.41) is 5.71. The van der Waals surface area contributed by atoms with Crippen molar-refractivity contribution in [2.45, 2.75) is 32.6 Å². The number of aryl methyl sites for hydroxylation is 1. The maximum atomic E-state index is 12.9. The van der Waals surface area contributed by atoms with Crippen molar-refractivity contribution in [3.8, 4) is 22.5 Å². The Bertz CT molecular complexity index is 1430. The van der Waals surface area contributed by atoms with E-state index >= 15 is 0 Å². The van der Waals surface area contributed by atoms with Crippen molar-refractivity contribution < 1.29 is 9.59 Å². The van der Waals surface area contributed by atoms with Gasteiger partial charge in [0.1, 0.15) is 5.82 Å². The number of hydrogen-bond acceptors (Lipinski definition) is 5. The number of nitrogens with zero attached hydrogens (tertiary/aromatic N) is 3. The fraction of sp³-hybridized carbons (Fsp3) is 0.179. The summed E-state index contributed by atoms with van der Waals surface area (Å²) in [4.78, 5) is 37.7. The zero-order chi connectivity index (χ0) is 24.4. The summed E-state index contributed by atoms with van der Waals surface area (Å²) in [6, 6.07) is 18.9. The van der Waals surface area contributed by atoms with Crippen LogP contribution in [0.4, 0.5) is 11.5 Å². The topological polar surface area (TPSA) is 96.9 Å². The van der Waals surface area contributed by atoms with Gasteiger partial charge in [-0.15, -0.1) is 0 Å². The Morgan fingerprint density at radius 1 is 0.886 bits per heavy atom. The monoisotopic (exact) mass is 463 g/mol. The quantitative estimate of drug-likeness (QED) is 0.388. The number of hydrogen-bond donors (Lipinski definition) is 2. The van der Waals surface area contributed by atoms with E-state index < -0.39 is 0 Å². The second kappa shape index (κ2) is 9.46. The summed E-state index contributed by atoms with van der Waals surface area (Å²) in [7, 11) is 0. The van der Waals surface area contributed by atoms with Gasteiger partial charge in [0.2, 0.25) is 5.91 Å². The van der Waals surface area contributed by atoms with Crippen LogP contribution in [0, 0.1) is 6.92 Å². The third kappa shape index (κ3) is 5.24. The summed E-state index contributed by atoms with van der Waals surface area (Å²) in [6.07, 6.45) is 5.62. The van der Waals surface area contributed by atoms with E-state index in [1.54, 1.807) is 24.5 Å². The number of amides is 2. The van der Waals surface area contributed by atoms with E-state index in [-0.39, 0.29) is 11.8 Å². The van der Waals surface area contributed by atoms with E-state index in [0.29, 0.717) is 23.0 Å². The number of rotatable bonds is 6. The minimum Gasteiger partial charge on any atom is -0.322 e. The first-order valence-corrected chi connectivity index (χ1v) is 11.6. The number of anilines is 2. The molecule has 1 aliphatic carbocycles. The molecule has 2 amide bonds. The van der Waals surface area contributed by atoms with Crippen LogP contribution in [-0.2, 0) is 4.79 Å². The molecule has 2 N–H and O–H groups in total. The van der Waals surface area contributed by atoms with E-state index in [4.69, 9.17) is 4.98 Å². The van der Waals surface area contributed by atoms with Gasteiger partial charge in [0.15, 0.2) is 0 Å². The van der Waals surface area contributed by atoms with Crippen molar-refractivity contribution in [1.29, 1.82) is 0 Å². The van der Waals surface area contributed by atoms with E-state index in [2.05, 4.69) is 20.6 Å². The highest BCUT2D eigenvalue weighted by molar-refractivity contribution is 6.04. The summed E-state index contributed by atoms with van der Waals surface area (Å²) < 4.78 is 0. The zero-order valence-corrected chi connectivity index (χ0v) is 19.6. The Hall–Kier alpha value is -4.39. The molecule has 4 aromatic rings. The molecule has 0 unspecified atom stereocenters. The molecular formula is C28H25N5O2. The van der Waals surface area contributed by atoms with Gasteiger partial charge in [0.25, 0.3) is 5.91 Å². The largest absolute Gasteiger partial charge is 0.322 e. The van der Waals surface area contributed by atoms with Crippen molar-refractivity contribution >= 4 is 23.3 Å². The van der Waals surface area contributed by atoms with E-state index in [1.807, 2.05) is 55.5 Å². The second-order valence-corrected chi connectivity index (χ2v) is 8.75. The number of carbonyl (C=O) groups excluding carboxylic acids is 2. The van der Waals surface area contributed by atoms with Crippen LogP contribution in [0.2, 0.25) is 0 Å². The molecule has 7 nitrogen and oxygen atoms in total. The van der Waals surface area contributed by atoms with Crippen molar-refractivity contribution in [2.24, 2.45) is 0 Å². The molecule has 5 rings (SSSR count). The van der Waals surface area contributed by atoms with Crippen molar-refractivity contribution in [3.63, 3.8) is 0 Å². The number of carbonyl (C=O) groups is 2. The highest BCUT2D eigenvalue weighted by atomic mass is 16.2. The molecular weight excluding hydrogens is 438 g/mol. The van der Waals surface area contributed by atoms with Gasteiger partial charge >= 0.3 is 0 Å². The van der Waals surface area contributed by atoms with Gasteiger partial charge in [-0.2, -0.15) is 0 Å². The number of aromatic nitrogens is 3. The number of nitrogens with one attached hydrogen (secondary N) is 2. The van der Waals surface area contributed by atoms with E-state index in [9.17, 15) is 9.59 Å². The fourth-order valence-electron chi connectivity index (χ4n) is 3.95. The average molecular weight is 464 g/mol. The second-order valence-electron chi connectivity index (χ2n) is 8.75. The minimum absolute atomic E-state index is 0.159. The van der Waals surface area contributed by atoms with Crippen LogP contribution >= 0.6 is 0 Å². The van der Waals surface area contributed by atoms with E-state index in [0.717, 1.165) is 46.6 Å². The molecule has 1 saturated carbocycles. The molecule has 35 heavy (non-hydrogen) atoms. The lowest BCUT2D eigenvalue weighted by molar-refractivity contribution is -0.114. The van der Waals surface area contributed by atoms with Gasteiger partial charge in [-0.05, 0) is 73.9 Å². The molecule has 0 bridgehead atoms. The Kier molecular flexibility index (Phi) is 6.06. The maximum Gasteiger partial charge on any atom is 0.255 e. The molecule has 0 radical (unpaired) electrons. The SMILES string of the molecule is CC(=O)Nc1cc(-c2cccc(-c3cc(NC(=O)c4ccnc(C5CC5)c4)ccc3C)n2)ccn1. The molecule has 1 aromatic carbocycles. The van der Waals surface area contributed by atoms with Crippen LogP contribution in [0.1, 0.15) is 47.3 Å². The van der Waals surface area contributed by atoms with Crippen LogP contribution in [0.5, 0.6) is 0 Å². The zero-order valence-electron chi connectivity index (χ0n) is 19.6. The normalized spacial score (nSPS) is 12.7. The first kappa shape index (κ1) is 22.4. The van der Waals surface area contributed by atoms with Crippen LogP contribution < -0.4 is 10.6 Å². The van der Waals surface area contributed by atoms with Crippen LogP contribution in [0.25, 0.3) is 22.5 Å². The lowest BCUT2D eigenvalue weighted by Gasteiger charge is -2.12. The lowest BCUT2D eigenvalue weighted by atomic mass is 10.0. The van der Waals surface area contributed by atoms with Gasteiger partial charge in [-0.3, -0.25) is 14.6 Å². The Balaban J connectivity index is 1.41. The summed E-state index contributed by atoms with van der Waals surface area (Å²) in [6.45, 7) is 3.46. The number of pyridine rings is 3. The molecule has 0 atom stereocenters. The van der Waals surface area contributed by atoms with Gasteiger partial charge in [-0.25, -0.2) is 9.97 Å². The first-order valence-electron chi connectivity index (χ1n) is 11.6. The Labute approximate surface area is 203 Å². The Morgan fingerprint density at radius 2 is 1.69 bits per heavy atom. The van der Waals surface area contributed by atoms with Gasteiger partial charge in [0.05, 0.1) is 11.4 Å². The third-order valence-electron chi connectivity index (χ3n) is 5.92. The fourth-order valence-corrected chi connectivity index (χ4v) is 3.95. The highest BCUT2D eigenvalue weighted by Gasteiger charge is 2.25. The number of benzene rings is 1.